The fourth-order valence-corrected chi connectivity index (χ4v) is 3.13. The first-order chi connectivity index (χ1) is 10.9. The molecule has 2 aromatic carbocycles. The number of aryl methyl sites for hydroxylation is 3. The number of hydrogen-bond donors (Lipinski definition) is 1. The lowest BCUT2D eigenvalue weighted by Gasteiger charge is -2.13. The van der Waals surface area contributed by atoms with E-state index in [4.69, 9.17) is 16.3 Å². The van der Waals surface area contributed by atoms with E-state index in [0.717, 1.165) is 33.3 Å². The second kappa shape index (κ2) is 7.84. The molecular formula is C18H19BrClNO2. The van der Waals surface area contributed by atoms with Crippen LogP contribution in [0.15, 0.2) is 34.8 Å². The van der Waals surface area contributed by atoms with Crippen LogP contribution >= 0.6 is 27.5 Å². The van der Waals surface area contributed by atoms with Crippen LogP contribution in [0.1, 0.15) is 23.6 Å². The molecule has 0 heterocycles. The van der Waals surface area contributed by atoms with Crippen molar-refractivity contribution in [2.75, 3.05) is 11.9 Å². The van der Waals surface area contributed by atoms with Crippen molar-refractivity contribution in [3.8, 4) is 5.75 Å². The second-order valence-electron chi connectivity index (χ2n) is 5.38. The van der Waals surface area contributed by atoms with E-state index in [1.807, 2.05) is 51.1 Å². The van der Waals surface area contributed by atoms with Crippen molar-refractivity contribution in [1.29, 1.82) is 0 Å². The molecule has 0 aliphatic heterocycles. The van der Waals surface area contributed by atoms with Gasteiger partial charge in [-0.2, -0.15) is 0 Å². The molecule has 2 aromatic rings. The van der Waals surface area contributed by atoms with Crippen molar-refractivity contribution in [1.82, 2.24) is 0 Å². The van der Waals surface area contributed by atoms with Gasteiger partial charge in [-0.15, -0.1) is 0 Å². The average Bonchev–Trinajstić information content (AvgIpc) is 2.49. The van der Waals surface area contributed by atoms with Gasteiger partial charge in [-0.05, 0) is 61.2 Å². The highest BCUT2D eigenvalue weighted by molar-refractivity contribution is 9.10. The molecule has 1 N–H and O–H groups in total. The van der Waals surface area contributed by atoms with Crippen molar-refractivity contribution in [2.45, 2.75) is 27.2 Å². The number of ether oxygens (including phenoxy) is 1. The molecule has 1 amide bonds. The Morgan fingerprint density at radius 3 is 2.65 bits per heavy atom. The predicted octanol–water partition coefficient (Wildman–Crippen LogP) is 5.30. The summed E-state index contributed by atoms with van der Waals surface area (Å²) in [5.41, 5.74) is 3.68. The van der Waals surface area contributed by atoms with Crippen LogP contribution in [0.25, 0.3) is 0 Å². The minimum absolute atomic E-state index is 0.0573. The van der Waals surface area contributed by atoms with Crippen LogP contribution < -0.4 is 10.1 Å². The van der Waals surface area contributed by atoms with E-state index in [1.54, 1.807) is 0 Å². The van der Waals surface area contributed by atoms with Gasteiger partial charge in [0, 0.05) is 4.47 Å². The lowest BCUT2D eigenvalue weighted by Crippen LogP contribution is -2.21. The maximum Gasteiger partial charge on any atom is 0.262 e. The number of hydrogen-bond acceptors (Lipinski definition) is 2. The van der Waals surface area contributed by atoms with Gasteiger partial charge in [-0.1, -0.05) is 40.5 Å². The van der Waals surface area contributed by atoms with Crippen LogP contribution in [0.3, 0.4) is 0 Å². The summed E-state index contributed by atoms with van der Waals surface area (Å²) in [6.07, 6.45) is 0.833. The van der Waals surface area contributed by atoms with Crippen molar-refractivity contribution in [3.63, 3.8) is 0 Å². The number of rotatable bonds is 5. The van der Waals surface area contributed by atoms with Gasteiger partial charge in [0.25, 0.3) is 5.91 Å². The Balaban J connectivity index is 2.04. The number of carbonyl (C=O) groups excluding carboxylic acids is 1. The second-order valence-corrected chi connectivity index (χ2v) is 6.70. The Labute approximate surface area is 150 Å². The summed E-state index contributed by atoms with van der Waals surface area (Å²) >= 11 is 9.63. The third-order valence-electron chi connectivity index (χ3n) is 3.46. The number of benzene rings is 2. The topological polar surface area (TPSA) is 38.3 Å². The first-order valence-electron chi connectivity index (χ1n) is 7.38. The molecule has 0 atom stereocenters. The maximum absolute atomic E-state index is 12.1. The molecule has 2 rings (SSSR count). The normalized spacial score (nSPS) is 10.5. The zero-order valence-corrected chi connectivity index (χ0v) is 15.7. The Bertz CT molecular complexity index is 708. The van der Waals surface area contributed by atoms with E-state index >= 15 is 0 Å². The molecule has 0 saturated heterocycles. The SMILES string of the molecule is CCc1cc(Br)ccc1OCC(=O)Nc1c(C)cc(C)cc1Cl. The third-order valence-corrected chi connectivity index (χ3v) is 4.25. The number of anilines is 1. The van der Waals surface area contributed by atoms with E-state index < -0.39 is 0 Å². The van der Waals surface area contributed by atoms with Crippen molar-refractivity contribution in [2.24, 2.45) is 0 Å². The third kappa shape index (κ3) is 4.72. The molecule has 122 valence electrons. The van der Waals surface area contributed by atoms with Gasteiger partial charge >= 0.3 is 0 Å². The molecule has 0 aliphatic carbocycles. The van der Waals surface area contributed by atoms with Crippen molar-refractivity contribution < 1.29 is 9.53 Å². The minimum atomic E-state index is -0.233. The summed E-state index contributed by atoms with van der Waals surface area (Å²) in [5.74, 6) is 0.487. The molecule has 0 aliphatic rings. The lowest BCUT2D eigenvalue weighted by molar-refractivity contribution is -0.118. The summed E-state index contributed by atoms with van der Waals surface area (Å²) in [6, 6.07) is 9.56. The average molecular weight is 397 g/mol. The zero-order valence-electron chi connectivity index (χ0n) is 13.4. The lowest BCUT2D eigenvalue weighted by atomic mass is 10.1. The van der Waals surface area contributed by atoms with E-state index in [-0.39, 0.29) is 12.5 Å². The van der Waals surface area contributed by atoms with Gasteiger partial charge in [-0.3, -0.25) is 4.79 Å². The van der Waals surface area contributed by atoms with Crippen LogP contribution in [0.2, 0.25) is 5.02 Å². The molecule has 0 spiro atoms. The van der Waals surface area contributed by atoms with Gasteiger partial charge in [0.15, 0.2) is 6.61 Å². The maximum atomic E-state index is 12.1. The van der Waals surface area contributed by atoms with E-state index in [2.05, 4.69) is 21.2 Å². The van der Waals surface area contributed by atoms with Crippen LogP contribution in [-0.4, -0.2) is 12.5 Å². The molecule has 0 unspecified atom stereocenters. The molecule has 23 heavy (non-hydrogen) atoms. The Morgan fingerprint density at radius 2 is 2.00 bits per heavy atom. The fraction of sp³-hybridized carbons (Fsp3) is 0.278. The molecule has 0 saturated carbocycles. The van der Waals surface area contributed by atoms with Gasteiger partial charge in [0.1, 0.15) is 5.75 Å². The number of nitrogens with one attached hydrogen (secondary N) is 1. The van der Waals surface area contributed by atoms with Gasteiger partial charge in [-0.25, -0.2) is 0 Å². The number of amides is 1. The summed E-state index contributed by atoms with van der Waals surface area (Å²) < 4.78 is 6.64. The molecule has 0 bridgehead atoms. The first-order valence-corrected chi connectivity index (χ1v) is 8.55. The highest BCUT2D eigenvalue weighted by Gasteiger charge is 2.11. The van der Waals surface area contributed by atoms with Crippen molar-refractivity contribution in [3.05, 3.63) is 56.5 Å². The van der Waals surface area contributed by atoms with Crippen LogP contribution in [0.4, 0.5) is 5.69 Å². The van der Waals surface area contributed by atoms with Crippen LogP contribution in [-0.2, 0) is 11.2 Å². The molecular weight excluding hydrogens is 378 g/mol. The number of carbonyl (C=O) groups is 1. The Kier molecular flexibility index (Phi) is 6.08. The standard InChI is InChI=1S/C18H19BrClNO2/c1-4-13-9-14(19)5-6-16(13)23-10-17(22)21-18-12(3)7-11(2)8-15(18)20/h5-9H,4,10H2,1-3H3,(H,21,22). The van der Waals surface area contributed by atoms with Gasteiger partial charge in [0.05, 0.1) is 10.7 Å². The number of halogens is 2. The fourth-order valence-electron chi connectivity index (χ4n) is 2.36. The first kappa shape index (κ1) is 17.8. The molecule has 3 nitrogen and oxygen atoms in total. The smallest absolute Gasteiger partial charge is 0.262 e. The van der Waals surface area contributed by atoms with E-state index in [0.29, 0.717) is 10.7 Å². The van der Waals surface area contributed by atoms with Crippen LogP contribution in [0.5, 0.6) is 5.75 Å². The summed E-state index contributed by atoms with van der Waals surface area (Å²) in [4.78, 5) is 12.1. The Morgan fingerprint density at radius 1 is 1.26 bits per heavy atom. The monoisotopic (exact) mass is 395 g/mol. The van der Waals surface area contributed by atoms with Gasteiger partial charge < -0.3 is 10.1 Å². The summed E-state index contributed by atoms with van der Waals surface area (Å²) in [7, 11) is 0. The minimum Gasteiger partial charge on any atom is -0.483 e. The molecule has 0 radical (unpaired) electrons. The largest absolute Gasteiger partial charge is 0.483 e. The summed E-state index contributed by atoms with van der Waals surface area (Å²) in [5, 5.41) is 3.36. The highest BCUT2D eigenvalue weighted by atomic mass is 79.9. The molecule has 0 aromatic heterocycles. The van der Waals surface area contributed by atoms with Crippen molar-refractivity contribution >= 4 is 39.1 Å². The predicted molar refractivity (Wildman–Crippen MR) is 98.6 cm³/mol. The van der Waals surface area contributed by atoms with E-state index in [9.17, 15) is 4.79 Å². The quantitative estimate of drug-likeness (QED) is 0.745. The van der Waals surface area contributed by atoms with Crippen LogP contribution in [0, 0.1) is 13.8 Å². The van der Waals surface area contributed by atoms with E-state index in [1.165, 1.54) is 0 Å². The Hall–Kier alpha value is -1.52. The highest BCUT2D eigenvalue weighted by Crippen LogP contribution is 2.27. The van der Waals surface area contributed by atoms with Gasteiger partial charge in [0.2, 0.25) is 0 Å². The molecule has 5 heteroatoms. The summed E-state index contributed by atoms with van der Waals surface area (Å²) in [6.45, 7) is 5.87. The zero-order chi connectivity index (χ0) is 17.0. The molecule has 0 fully saturated rings.